The van der Waals surface area contributed by atoms with E-state index in [0.717, 1.165) is 71.0 Å². The van der Waals surface area contributed by atoms with Crippen LogP contribution in [0.5, 0.6) is 0 Å². The smallest absolute Gasteiger partial charge is 0.0465 e. The second-order valence-corrected chi connectivity index (χ2v) is 17.3. The van der Waals surface area contributed by atoms with Crippen molar-refractivity contribution in [2.75, 3.05) is 26.4 Å². The molecule has 12 aliphatic rings. The number of hydrogen-bond acceptors (Lipinski definition) is 4. The third-order valence-electron chi connectivity index (χ3n) is 18.3. The second-order valence-electron chi connectivity index (χ2n) is 17.3. The van der Waals surface area contributed by atoms with Gasteiger partial charge in [0.05, 0.1) is 0 Å². The van der Waals surface area contributed by atoms with Gasteiger partial charge in [0.2, 0.25) is 0 Å². The zero-order valence-electron chi connectivity index (χ0n) is 23.4. The van der Waals surface area contributed by atoms with Crippen LogP contribution in [0.1, 0.15) is 52.4 Å². The van der Waals surface area contributed by atoms with Gasteiger partial charge in [-0.3, -0.25) is 0 Å². The Morgan fingerprint density at radius 1 is 0.421 bits per heavy atom. The molecule has 12 rings (SSSR count). The Hall–Kier alpha value is -0.160. The molecule has 0 saturated heterocycles. The Labute approximate surface area is 228 Å². The molecule has 0 radical (unpaired) electrons. The largest absolute Gasteiger partial charge is 0.396 e. The molecule has 22 atom stereocenters. The molecule has 0 spiro atoms. The topological polar surface area (TPSA) is 80.9 Å². The second kappa shape index (κ2) is 7.07. The molecule has 4 nitrogen and oxygen atoms in total. The van der Waals surface area contributed by atoms with Gasteiger partial charge in [-0.15, -0.1) is 0 Å². The maximum Gasteiger partial charge on any atom is 0.0465 e. The van der Waals surface area contributed by atoms with Gasteiger partial charge in [-0.2, -0.15) is 0 Å². The fourth-order valence-corrected chi connectivity index (χ4v) is 18.3. The van der Waals surface area contributed by atoms with Crippen molar-refractivity contribution in [1.29, 1.82) is 0 Å². The van der Waals surface area contributed by atoms with Crippen LogP contribution in [0.15, 0.2) is 0 Å². The van der Waals surface area contributed by atoms with Gasteiger partial charge >= 0.3 is 0 Å². The van der Waals surface area contributed by atoms with E-state index in [4.69, 9.17) is 0 Å². The van der Waals surface area contributed by atoms with Gasteiger partial charge in [-0.25, -0.2) is 0 Å². The summed E-state index contributed by atoms with van der Waals surface area (Å²) in [5.74, 6) is 14.6. The monoisotopic (exact) mass is 522 g/mol. The first-order valence-electron chi connectivity index (χ1n) is 16.9. The van der Waals surface area contributed by atoms with Gasteiger partial charge in [0.1, 0.15) is 0 Å². The maximum absolute atomic E-state index is 10.4. The highest BCUT2D eigenvalue weighted by atomic mass is 16.3. The average molecular weight is 523 g/mol. The number of rotatable bonds is 4. The first-order valence-corrected chi connectivity index (χ1v) is 16.9. The molecule has 0 heterocycles. The van der Waals surface area contributed by atoms with Gasteiger partial charge in [0.15, 0.2) is 0 Å². The summed E-state index contributed by atoms with van der Waals surface area (Å²) >= 11 is 0. The average Bonchev–Trinajstić information content (AvgIpc) is 3.73. The molecule has 4 heteroatoms. The van der Waals surface area contributed by atoms with Crippen LogP contribution >= 0.6 is 0 Å². The molecule has 0 aromatic heterocycles. The molecule has 210 valence electrons. The minimum absolute atomic E-state index is 0.289. The highest BCUT2D eigenvalue weighted by Crippen LogP contribution is 2.96. The predicted molar refractivity (Wildman–Crippen MR) is 142 cm³/mol. The highest BCUT2D eigenvalue weighted by molar-refractivity contribution is 5.38. The molecular formula is C34H50O4. The third-order valence-corrected chi connectivity index (χ3v) is 18.3. The van der Waals surface area contributed by atoms with E-state index < -0.39 is 0 Å². The predicted octanol–water partition coefficient (Wildman–Crippen LogP) is 3.77. The zero-order valence-corrected chi connectivity index (χ0v) is 23.4. The van der Waals surface area contributed by atoms with E-state index in [1.165, 1.54) is 38.5 Å². The number of hydrogen-bond donors (Lipinski definition) is 4. The number of aliphatic hydroxyl groups excluding tert-OH is 4. The van der Waals surface area contributed by atoms with Crippen molar-refractivity contribution in [3.63, 3.8) is 0 Å². The van der Waals surface area contributed by atoms with Crippen LogP contribution in [0, 0.1) is 129 Å². The lowest BCUT2D eigenvalue weighted by Crippen LogP contribution is -2.83. The van der Waals surface area contributed by atoms with E-state index in [2.05, 4.69) is 13.8 Å². The fraction of sp³-hybridized carbons (Fsp3) is 1.00. The third kappa shape index (κ3) is 2.02. The summed E-state index contributed by atoms with van der Waals surface area (Å²) in [5, 5.41) is 41.7. The zero-order chi connectivity index (χ0) is 25.6. The van der Waals surface area contributed by atoms with Crippen LogP contribution in [0.3, 0.4) is 0 Å². The van der Waals surface area contributed by atoms with Crippen LogP contribution in [0.2, 0.25) is 0 Å². The van der Waals surface area contributed by atoms with Gasteiger partial charge in [0.25, 0.3) is 0 Å². The van der Waals surface area contributed by atoms with E-state index in [0.29, 0.717) is 58.2 Å². The molecule has 0 aromatic rings. The minimum Gasteiger partial charge on any atom is -0.396 e. The minimum atomic E-state index is 0.289. The molecule has 0 amide bonds. The van der Waals surface area contributed by atoms with Crippen LogP contribution < -0.4 is 0 Å². The van der Waals surface area contributed by atoms with Gasteiger partial charge in [-0.05, 0) is 168 Å². The molecule has 12 fully saturated rings. The first-order chi connectivity index (χ1) is 18.5. The van der Waals surface area contributed by atoms with Crippen LogP contribution in [-0.2, 0) is 0 Å². The Morgan fingerprint density at radius 3 is 0.868 bits per heavy atom. The molecule has 4 unspecified atom stereocenters. The molecule has 0 aliphatic heterocycles. The molecule has 4 N–H and O–H groups in total. The SMILES string of the molecule is CC12[C@@H]3[C@@H]4C[C@@H]([C@@H]5[C@H]4[C@@H]4CC[C@H]5C(CO)C4CO)[C@@H]3C1(C)[C@@H]1[C@@H]3C[C@@H]([C@H]4[C@H]5CC[C@H]([C@@H](CO)[C@@H]5CO)[C@@H]34)[C@@H]12. The lowest BCUT2D eigenvalue weighted by molar-refractivity contribution is -0.402. The van der Waals surface area contributed by atoms with Crippen LogP contribution in [-0.4, -0.2) is 46.9 Å². The summed E-state index contributed by atoms with van der Waals surface area (Å²) in [7, 11) is 0. The Bertz CT molecular complexity index is 903. The summed E-state index contributed by atoms with van der Waals surface area (Å²) in [6.45, 7) is 6.69. The van der Waals surface area contributed by atoms with Gasteiger partial charge in [-0.1, -0.05) is 13.8 Å². The van der Waals surface area contributed by atoms with Crippen LogP contribution in [0.4, 0.5) is 0 Å². The van der Waals surface area contributed by atoms with Crippen molar-refractivity contribution in [3.05, 3.63) is 0 Å². The summed E-state index contributed by atoms with van der Waals surface area (Å²) in [5.41, 5.74) is 1.03. The standard InChI is InChI=1S/C34H50O4/c1-33-29-17-7-19(27-15-5-3-13(25(17)27)21(9-35)23(15)11-37)31(29)34(33,2)32-20-8-18(30(32)33)26-14-4-6-16(28(20)26)24(12-38)22(14)10-36/h13-32,35-38H,3-12H2,1-2H3/t13-,14+,15+,16-,17-,18+,19+,20-,21-,22?,23-,24?,25+,26-,27-,28+,29-,30+,31+,32-,33?,34?/m1/s1. The molecule has 38 heavy (non-hydrogen) atoms. The lowest BCUT2D eigenvalue weighted by Gasteiger charge is -2.87. The Balaban J connectivity index is 1.03. The number of fused-ring (bicyclic) bond motifs is 19. The van der Waals surface area contributed by atoms with Gasteiger partial charge < -0.3 is 20.4 Å². The summed E-state index contributed by atoms with van der Waals surface area (Å²) in [6.07, 6.45) is 8.15. The van der Waals surface area contributed by atoms with Crippen molar-refractivity contribution in [2.24, 2.45) is 129 Å². The van der Waals surface area contributed by atoms with Crippen LogP contribution in [0.25, 0.3) is 0 Å². The van der Waals surface area contributed by atoms with E-state index >= 15 is 0 Å². The Morgan fingerprint density at radius 2 is 0.658 bits per heavy atom. The van der Waals surface area contributed by atoms with Crippen molar-refractivity contribution in [2.45, 2.75) is 52.4 Å². The van der Waals surface area contributed by atoms with E-state index in [1.54, 1.807) is 0 Å². The maximum atomic E-state index is 10.4. The van der Waals surface area contributed by atoms with E-state index in [9.17, 15) is 20.4 Å². The fourth-order valence-electron chi connectivity index (χ4n) is 18.3. The summed E-state index contributed by atoms with van der Waals surface area (Å²) in [4.78, 5) is 0. The van der Waals surface area contributed by atoms with E-state index in [-0.39, 0.29) is 26.4 Å². The summed E-state index contributed by atoms with van der Waals surface area (Å²) in [6, 6.07) is 0. The lowest BCUT2D eigenvalue weighted by atomic mass is 9.17. The van der Waals surface area contributed by atoms with Crippen molar-refractivity contribution in [1.82, 2.24) is 0 Å². The van der Waals surface area contributed by atoms with E-state index in [1.807, 2.05) is 0 Å². The molecule has 0 aromatic carbocycles. The normalized spacial score (nSPS) is 72.5. The molecular weight excluding hydrogens is 472 g/mol. The first kappa shape index (κ1) is 23.4. The van der Waals surface area contributed by atoms with Crippen molar-refractivity contribution in [3.8, 4) is 0 Å². The van der Waals surface area contributed by atoms with Crippen molar-refractivity contribution < 1.29 is 20.4 Å². The quantitative estimate of drug-likeness (QED) is 0.453. The van der Waals surface area contributed by atoms with Crippen molar-refractivity contribution >= 4 is 0 Å². The summed E-state index contributed by atoms with van der Waals surface area (Å²) < 4.78 is 0. The molecule has 12 aliphatic carbocycles. The highest BCUT2D eigenvalue weighted by Gasteiger charge is 2.92. The molecule has 8 bridgehead atoms. The number of aliphatic hydroxyl groups is 4. The van der Waals surface area contributed by atoms with Gasteiger partial charge in [0, 0.05) is 26.4 Å². The molecule has 12 saturated carbocycles. The Kier molecular flexibility index (Phi) is 4.35.